The van der Waals surface area contributed by atoms with Gasteiger partial charge in [0.2, 0.25) is 0 Å². The average Bonchev–Trinajstić information content (AvgIpc) is 3.01. The fourth-order valence-corrected chi connectivity index (χ4v) is 4.60. The summed E-state index contributed by atoms with van der Waals surface area (Å²) in [5.41, 5.74) is -0.146. The van der Waals surface area contributed by atoms with Gasteiger partial charge in [-0.2, -0.15) is 0 Å². The van der Waals surface area contributed by atoms with Gasteiger partial charge in [0.25, 0.3) is 0 Å². The van der Waals surface area contributed by atoms with E-state index in [-0.39, 0.29) is 36.7 Å². The van der Waals surface area contributed by atoms with Gasteiger partial charge in [0.05, 0.1) is 37.1 Å². The first-order chi connectivity index (χ1) is 10.9. The Morgan fingerprint density at radius 2 is 1.50 bits per heavy atom. The predicted octanol–water partition coefficient (Wildman–Crippen LogP) is 2.27. The van der Waals surface area contributed by atoms with Gasteiger partial charge >= 0.3 is 0 Å². The van der Waals surface area contributed by atoms with Gasteiger partial charge in [-0.05, 0) is 18.8 Å². The van der Waals surface area contributed by atoms with Gasteiger partial charge in [-0.1, -0.05) is 35.1 Å². The minimum atomic E-state index is -0.196. The maximum atomic E-state index is 5.87. The molecule has 0 aromatic carbocycles. The normalized spacial score (nSPS) is 51.7. The van der Waals surface area contributed by atoms with Gasteiger partial charge in [-0.3, -0.25) is 0 Å². The molecule has 0 amide bonds. The van der Waals surface area contributed by atoms with Crippen LogP contribution >= 0.6 is 0 Å². The highest BCUT2D eigenvalue weighted by Gasteiger charge is 2.56. The van der Waals surface area contributed by atoms with Crippen LogP contribution in [-0.4, -0.2) is 64.8 Å². The van der Waals surface area contributed by atoms with Crippen LogP contribution in [0.5, 0.6) is 0 Å². The molecule has 24 heavy (non-hydrogen) atoms. The molecule has 134 valence electrons. The Morgan fingerprint density at radius 3 is 1.92 bits per heavy atom. The molecule has 6 heteroatoms. The van der Waals surface area contributed by atoms with E-state index in [1.807, 2.05) is 0 Å². The lowest BCUT2D eigenvalue weighted by Gasteiger charge is -2.36. The SMILES string of the molecule is C.[B][C@@H]1O[C@@]2(CC)CO[C@H]1C2C.[B][C@@H]1O[C@]2(CC)COC[C@@H]1C2C. The van der Waals surface area contributed by atoms with Crippen molar-refractivity contribution in [2.45, 2.75) is 77.3 Å². The minimum Gasteiger partial charge on any atom is -0.378 e. The van der Waals surface area contributed by atoms with Crippen molar-refractivity contribution in [3.8, 4) is 0 Å². The summed E-state index contributed by atoms with van der Waals surface area (Å²) in [6.07, 6.45) is 2.13. The van der Waals surface area contributed by atoms with Gasteiger partial charge in [-0.15, -0.1) is 0 Å². The molecule has 0 spiro atoms. The van der Waals surface area contributed by atoms with Gasteiger partial charge < -0.3 is 18.9 Å². The minimum absolute atomic E-state index is 0. The van der Waals surface area contributed by atoms with Gasteiger partial charge in [0.1, 0.15) is 15.7 Å². The number of ether oxygens (including phenoxy) is 4. The molecule has 0 saturated carbocycles. The second-order valence-electron chi connectivity index (χ2n) is 7.53. The van der Waals surface area contributed by atoms with Crippen molar-refractivity contribution in [3.63, 3.8) is 0 Å². The third-order valence-corrected chi connectivity index (χ3v) is 6.66. The summed E-state index contributed by atoms with van der Waals surface area (Å²) in [7, 11) is 11.6. The van der Waals surface area contributed by atoms with E-state index >= 15 is 0 Å². The Hall–Kier alpha value is -0.0301. The summed E-state index contributed by atoms with van der Waals surface area (Å²) >= 11 is 0. The van der Waals surface area contributed by atoms with E-state index in [9.17, 15) is 0 Å². The Labute approximate surface area is 150 Å². The third-order valence-electron chi connectivity index (χ3n) is 6.66. The molecule has 4 fully saturated rings. The monoisotopic (exact) mass is 334 g/mol. The molecule has 4 heterocycles. The first-order valence-electron chi connectivity index (χ1n) is 8.95. The molecule has 4 aliphatic rings. The van der Waals surface area contributed by atoms with Crippen molar-refractivity contribution < 1.29 is 18.9 Å². The predicted molar refractivity (Wildman–Crippen MR) is 96.4 cm³/mol. The van der Waals surface area contributed by atoms with Crippen LogP contribution in [0.1, 0.15) is 48.0 Å². The third kappa shape index (κ3) is 2.98. The quantitative estimate of drug-likeness (QED) is 0.726. The Bertz CT molecular complexity index is 437. The Balaban J connectivity index is 0.000000167. The molecule has 4 nitrogen and oxygen atoms in total. The van der Waals surface area contributed by atoms with Crippen LogP contribution in [0, 0.1) is 17.8 Å². The van der Waals surface area contributed by atoms with Crippen molar-refractivity contribution in [3.05, 3.63) is 0 Å². The molecule has 4 bridgehead atoms. The summed E-state index contributed by atoms with van der Waals surface area (Å²) < 4.78 is 22.5. The largest absolute Gasteiger partial charge is 0.378 e. The summed E-state index contributed by atoms with van der Waals surface area (Å²) in [5.74, 6) is 1.41. The molecule has 4 aliphatic heterocycles. The van der Waals surface area contributed by atoms with Crippen LogP contribution in [0.3, 0.4) is 0 Å². The van der Waals surface area contributed by atoms with Gasteiger partial charge in [0.15, 0.2) is 0 Å². The van der Waals surface area contributed by atoms with Crippen molar-refractivity contribution in [2.75, 3.05) is 19.8 Å². The smallest absolute Gasteiger partial charge is 0.112 e. The van der Waals surface area contributed by atoms with E-state index in [4.69, 9.17) is 34.6 Å². The van der Waals surface area contributed by atoms with Crippen LogP contribution in [0.15, 0.2) is 0 Å². The topological polar surface area (TPSA) is 36.9 Å². The van der Waals surface area contributed by atoms with E-state index in [1.165, 1.54) is 0 Å². The van der Waals surface area contributed by atoms with Crippen LogP contribution in [0.2, 0.25) is 0 Å². The first-order valence-corrected chi connectivity index (χ1v) is 8.95. The zero-order valence-corrected chi connectivity index (χ0v) is 14.8. The van der Waals surface area contributed by atoms with E-state index in [0.29, 0.717) is 17.8 Å². The van der Waals surface area contributed by atoms with Crippen molar-refractivity contribution in [1.29, 1.82) is 0 Å². The summed E-state index contributed by atoms with van der Waals surface area (Å²) in [6.45, 7) is 10.9. The fraction of sp³-hybridized carbons (Fsp3) is 1.00. The molecule has 0 aromatic rings. The molecule has 2 unspecified atom stereocenters. The second-order valence-corrected chi connectivity index (χ2v) is 7.53. The number of hydrogen-bond acceptors (Lipinski definition) is 4. The lowest BCUT2D eigenvalue weighted by atomic mass is 9.74. The molecule has 0 aliphatic carbocycles. The maximum absolute atomic E-state index is 5.87. The summed E-state index contributed by atoms with van der Waals surface area (Å²) in [6, 6.07) is -0.304. The lowest BCUT2D eigenvalue weighted by Crippen LogP contribution is -2.44. The maximum Gasteiger partial charge on any atom is 0.112 e. The van der Waals surface area contributed by atoms with Gasteiger partial charge in [-0.25, -0.2) is 0 Å². The van der Waals surface area contributed by atoms with E-state index in [1.54, 1.807) is 0 Å². The van der Waals surface area contributed by atoms with Crippen LogP contribution in [0.25, 0.3) is 0 Å². The Kier molecular flexibility index (Phi) is 6.17. The standard InChI is InChI=1S/C9H15BO2.C8H13BO2.CH4/c1-3-9-5-11-4-7(6(9)2)8(10)12-9;1-3-8-4-10-6(5(8)2)7(9)11-8;/h6-8H,3-5H2,1-2H3;5-7H,3-4H2,1-2H3;1H4/t6?,7-,8-,9-;5?,6-,7+,8-;/m10./s1. The van der Waals surface area contributed by atoms with Crippen LogP contribution in [0.4, 0.5) is 0 Å². The summed E-state index contributed by atoms with van der Waals surface area (Å²) in [4.78, 5) is 0. The molecule has 0 aromatic heterocycles. The van der Waals surface area contributed by atoms with Crippen LogP contribution in [-0.2, 0) is 18.9 Å². The highest BCUT2D eigenvalue weighted by atomic mass is 16.6. The molecule has 8 atom stereocenters. The number of fused-ring (bicyclic) bond motifs is 4. The van der Waals surface area contributed by atoms with E-state index in [2.05, 4.69) is 27.7 Å². The van der Waals surface area contributed by atoms with Gasteiger partial charge in [0, 0.05) is 23.8 Å². The Morgan fingerprint density at radius 1 is 0.917 bits per heavy atom. The highest BCUT2D eigenvalue weighted by Crippen LogP contribution is 2.46. The molecule has 0 N–H and O–H groups in total. The molecular formula is C18H32B2O4. The zero-order chi connectivity index (χ0) is 16.8. The van der Waals surface area contributed by atoms with Crippen LogP contribution < -0.4 is 0 Å². The molecule has 4 radical (unpaired) electrons. The molecular weight excluding hydrogens is 302 g/mol. The highest BCUT2D eigenvalue weighted by molar-refractivity contribution is 6.12. The number of hydrogen-bond donors (Lipinski definition) is 0. The summed E-state index contributed by atoms with van der Waals surface area (Å²) in [5, 5.41) is 0. The first kappa shape index (κ1) is 20.3. The number of rotatable bonds is 2. The molecule has 4 saturated heterocycles. The van der Waals surface area contributed by atoms with Crippen molar-refractivity contribution in [1.82, 2.24) is 0 Å². The lowest BCUT2D eigenvalue weighted by molar-refractivity contribution is -0.115. The molecule has 4 rings (SSSR count). The average molecular weight is 334 g/mol. The van der Waals surface area contributed by atoms with Crippen molar-refractivity contribution in [2.24, 2.45) is 17.8 Å². The zero-order valence-electron chi connectivity index (χ0n) is 14.8. The van der Waals surface area contributed by atoms with Crippen molar-refractivity contribution >= 4 is 15.7 Å². The fourth-order valence-electron chi connectivity index (χ4n) is 4.60. The van der Waals surface area contributed by atoms with E-state index in [0.717, 1.165) is 32.7 Å². The van der Waals surface area contributed by atoms with E-state index < -0.39 is 0 Å². The second kappa shape index (κ2) is 7.30.